The third kappa shape index (κ3) is 6.30. The first-order valence-electron chi connectivity index (χ1n) is 11.4. The van der Waals surface area contributed by atoms with Crippen LogP contribution in [-0.2, 0) is 16.0 Å². The van der Waals surface area contributed by atoms with Gasteiger partial charge in [-0.2, -0.15) is 5.26 Å². The van der Waals surface area contributed by atoms with Gasteiger partial charge in [-0.3, -0.25) is 29.5 Å². The molecule has 0 unspecified atom stereocenters. The molecule has 0 radical (unpaired) electrons. The molecule has 3 aromatic carbocycles. The van der Waals surface area contributed by atoms with Crippen molar-refractivity contribution in [3.8, 4) is 23.1 Å². The number of anilines is 3. The van der Waals surface area contributed by atoms with Crippen LogP contribution in [0, 0.1) is 28.4 Å². The summed E-state index contributed by atoms with van der Waals surface area (Å²) in [5.74, 6) is -2.11. The Balaban J connectivity index is 1.50. The number of aromatic amines is 1. The smallest absolute Gasteiger partial charge is 0.292 e. The summed E-state index contributed by atoms with van der Waals surface area (Å²) in [6.07, 6.45) is -0.460. The number of nitrogens with one attached hydrogen (secondary N) is 3. The molecule has 12 heteroatoms. The number of carbonyl (C=O) groups is 2. The Kier molecular flexibility index (Phi) is 7.44. The highest BCUT2D eigenvalue weighted by atomic mass is 16.6. The molecule has 4 aromatic rings. The Hall–Kier alpha value is -5.83. The molecule has 0 bridgehead atoms. The quantitative estimate of drug-likeness (QED) is 0.151. The average Bonchev–Trinajstić information content (AvgIpc) is 2.89. The minimum absolute atomic E-state index is 0.108. The van der Waals surface area contributed by atoms with Crippen LogP contribution in [0.25, 0.3) is 11.3 Å². The standard InChI is InChI=1S/C27H20N6O6/c1-15-2-6-19(7-3-15)30-27-31-24(22(14-28)25(36)32-27)17-4-8-18(9-5-17)29-26(37)23(35)12-16-10-20(33(38)39)13-21(34)11-16/h2-11,13,34H,12H2,1H3,(H,29,37)(H2,30,31,32,36). The summed E-state index contributed by atoms with van der Waals surface area (Å²) in [5, 5.41) is 35.5. The lowest BCUT2D eigenvalue weighted by atomic mass is 10.1. The average molecular weight is 524 g/mol. The second-order valence-corrected chi connectivity index (χ2v) is 8.49. The second-order valence-electron chi connectivity index (χ2n) is 8.49. The number of aromatic nitrogens is 2. The van der Waals surface area contributed by atoms with Crippen molar-refractivity contribution in [2.75, 3.05) is 10.6 Å². The van der Waals surface area contributed by atoms with Gasteiger partial charge >= 0.3 is 0 Å². The van der Waals surface area contributed by atoms with Crippen molar-refractivity contribution < 1.29 is 19.6 Å². The monoisotopic (exact) mass is 524 g/mol. The Morgan fingerprint density at radius 2 is 1.74 bits per heavy atom. The number of amides is 1. The predicted molar refractivity (Wildman–Crippen MR) is 142 cm³/mol. The number of carbonyl (C=O) groups excluding carboxylic acids is 2. The zero-order valence-electron chi connectivity index (χ0n) is 20.4. The normalized spacial score (nSPS) is 10.4. The highest BCUT2D eigenvalue weighted by molar-refractivity contribution is 6.41. The van der Waals surface area contributed by atoms with Crippen molar-refractivity contribution in [1.29, 1.82) is 5.26 Å². The molecule has 1 amide bonds. The highest BCUT2D eigenvalue weighted by Crippen LogP contribution is 2.24. The van der Waals surface area contributed by atoms with E-state index in [4.69, 9.17) is 0 Å². The van der Waals surface area contributed by atoms with E-state index in [1.165, 1.54) is 24.3 Å². The Labute approximate surface area is 220 Å². The number of aryl methyl sites for hydroxylation is 1. The highest BCUT2D eigenvalue weighted by Gasteiger charge is 2.18. The number of H-pyrrole nitrogens is 1. The molecule has 1 aromatic heterocycles. The van der Waals surface area contributed by atoms with Gasteiger partial charge in [0.1, 0.15) is 17.4 Å². The number of nitriles is 1. The number of nitrogens with zero attached hydrogens (tertiary/aromatic N) is 3. The van der Waals surface area contributed by atoms with Crippen molar-refractivity contribution in [1.82, 2.24) is 9.97 Å². The van der Waals surface area contributed by atoms with Gasteiger partial charge in [-0.1, -0.05) is 29.8 Å². The number of benzene rings is 3. The molecule has 0 aliphatic carbocycles. The Bertz CT molecular complexity index is 1690. The maximum Gasteiger partial charge on any atom is 0.292 e. The number of nitro benzene ring substituents is 1. The molecule has 194 valence electrons. The van der Waals surface area contributed by atoms with E-state index in [1.807, 2.05) is 37.3 Å². The van der Waals surface area contributed by atoms with Crippen LogP contribution in [0.5, 0.6) is 5.75 Å². The van der Waals surface area contributed by atoms with Crippen molar-refractivity contribution in [3.05, 3.63) is 104 Å². The third-order valence-corrected chi connectivity index (χ3v) is 5.55. The third-order valence-electron chi connectivity index (χ3n) is 5.55. The van der Waals surface area contributed by atoms with Crippen LogP contribution in [0.3, 0.4) is 0 Å². The molecular formula is C27H20N6O6. The van der Waals surface area contributed by atoms with E-state index in [-0.39, 0.29) is 28.5 Å². The van der Waals surface area contributed by atoms with Crippen LogP contribution in [-0.4, -0.2) is 31.7 Å². The first-order valence-corrected chi connectivity index (χ1v) is 11.4. The maximum absolute atomic E-state index is 12.5. The van der Waals surface area contributed by atoms with Gasteiger partial charge in [-0.15, -0.1) is 0 Å². The molecule has 1 heterocycles. The summed E-state index contributed by atoms with van der Waals surface area (Å²) >= 11 is 0. The fraction of sp³-hybridized carbons (Fsp3) is 0.0741. The largest absolute Gasteiger partial charge is 0.508 e. The topological polar surface area (TPSA) is 191 Å². The van der Waals surface area contributed by atoms with E-state index in [2.05, 4.69) is 20.6 Å². The molecule has 0 atom stereocenters. The minimum Gasteiger partial charge on any atom is -0.508 e. The molecule has 0 aliphatic rings. The summed E-state index contributed by atoms with van der Waals surface area (Å²) in [7, 11) is 0. The lowest BCUT2D eigenvalue weighted by Crippen LogP contribution is -2.24. The van der Waals surface area contributed by atoms with E-state index in [9.17, 15) is 34.9 Å². The van der Waals surface area contributed by atoms with Crippen LogP contribution in [0.4, 0.5) is 23.0 Å². The number of non-ortho nitro benzene ring substituents is 1. The number of Topliss-reactive ketones (excluding diaryl/α,β-unsaturated/α-hetero) is 1. The number of aromatic hydroxyl groups is 1. The number of hydrogen-bond acceptors (Lipinski definition) is 9. The number of phenols is 1. The van der Waals surface area contributed by atoms with Gasteiger partial charge < -0.3 is 15.7 Å². The minimum atomic E-state index is -0.967. The van der Waals surface area contributed by atoms with Gasteiger partial charge in [0.05, 0.1) is 16.7 Å². The number of ketones is 1. The number of hydrogen-bond donors (Lipinski definition) is 4. The molecule has 0 spiro atoms. The number of rotatable bonds is 8. The van der Waals surface area contributed by atoms with Gasteiger partial charge in [0.15, 0.2) is 0 Å². The van der Waals surface area contributed by atoms with Crippen LogP contribution < -0.4 is 16.2 Å². The number of nitro groups is 1. The predicted octanol–water partition coefficient (Wildman–Crippen LogP) is 3.72. The molecule has 4 rings (SSSR count). The number of phenolic OH excluding ortho intramolecular Hbond substituents is 1. The van der Waals surface area contributed by atoms with Crippen molar-refractivity contribution >= 4 is 34.7 Å². The van der Waals surface area contributed by atoms with E-state index in [0.717, 1.165) is 23.8 Å². The van der Waals surface area contributed by atoms with Crippen molar-refractivity contribution in [3.63, 3.8) is 0 Å². The van der Waals surface area contributed by atoms with Gasteiger partial charge in [-0.05, 0) is 42.8 Å². The summed E-state index contributed by atoms with van der Waals surface area (Å²) in [4.78, 5) is 54.4. The molecule has 39 heavy (non-hydrogen) atoms. The summed E-state index contributed by atoms with van der Waals surface area (Å²) in [5.41, 5.74) is 1.40. The Morgan fingerprint density at radius 3 is 2.38 bits per heavy atom. The molecule has 0 saturated heterocycles. The lowest BCUT2D eigenvalue weighted by Gasteiger charge is -2.10. The van der Waals surface area contributed by atoms with Crippen LogP contribution in [0.1, 0.15) is 16.7 Å². The van der Waals surface area contributed by atoms with Gasteiger partial charge in [0.25, 0.3) is 17.2 Å². The van der Waals surface area contributed by atoms with Crippen molar-refractivity contribution in [2.45, 2.75) is 13.3 Å². The second kappa shape index (κ2) is 11.1. The lowest BCUT2D eigenvalue weighted by molar-refractivity contribution is -0.385. The maximum atomic E-state index is 12.5. The molecule has 4 N–H and O–H groups in total. The summed E-state index contributed by atoms with van der Waals surface area (Å²) in [6.45, 7) is 1.94. The molecule has 0 aliphatic heterocycles. The van der Waals surface area contributed by atoms with Crippen LogP contribution >= 0.6 is 0 Å². The van der Waals surface area contributed by atoms with Crippen LogP contribution in [0.2, 0.25) is 0 Å². The van der Waals surface area contributed by atoms with E-state index in [1.54, 1.807) is 0 Å². The SMILES string of the molecule is Cc1ccc(Nc2nc(-c3ccc(NC(=O)C(=O)Cc4cc(O)cc([N+](=O)[O-])c4)cc3)c(C#N)c(=O)[nH]2)cc1. The van der Waals surface area contributed by atoms with Gasteiger partial charge in [0, 0.05) is 29.4 Å². The first kappa shape index (κ1) is 26.2. The first-order chi connectivity index (χ1) is 18.6. The zero-order chi connectivity index (χ0) is 28.1. The zero-order valence-corrected chi connectivity index (χ0v) is 20.4. The van der Waals surface area contributed by atoms with Crippen molar-refractivity contribution in [2.24, 2.45) is 0 Å². The summed E-state index contributed by atoms with van der Waals surface area (Å²) in [6, 6.07) is 18.4. The fourth-order valence-electron chi connectivity index (χ4n) is 3.66. The Morgan fingerprint density at radius 1 is 1.08 bits per heavy atom. The molecule has 12 nitrogen and oxygen atoms in total. The molecule has 0 fully saturated rings. The van der Waals surface area contributed by atoms with E-state index >= 15 is 0 Å². The molecule has 0 saturated carbocycles. The fourth-order valence-corrected chi connectivity index (χ4v) is 3.66. The van der Waals surface area contributed by atoms with E-state index < -0.39 is 40.0 Å². The summed E-state index contributed by atoms with van der Waals surface area (Å²) < 4.78 is 0. The van der Waals surface area contributed by atoms with Crippen LogP contribution in [0.15, 0.2) is 71.5 Å². The molecular weight excluding hydrogens is 504 g/mol. The van der Waals surface area contributed by atoms with Gasteiger partial charge in [-0.25, -0.2) is 4.98 Å². The van der Waals surface area contributed by atoms with Gasteiger partial charge in [0.2, 0.25) is 11.7 Å². The van der Waals surface area contributed by atoms with E-state index in [0.29, 0.717) is 11.3 Å².